The summed E-state index contributed by atoms with van der Waals surface area (Å²) in [4.78, 5) is 0. The number of rotatable bonds is 2. The first-order valence-corrected chi connectivity index (χ1v) is 6.74. The summed E-state index contributed by atoms with van der Waals surface area (Å²) in [5, 5.41) is 0. The average molecular weight is 367 g/mol. The van der Waals surface area contributed by atoms with Crippen LogP contribution in [-0.2, 0) is 0 Å². The number of ether oxygens (including phenoxy) is 1. The van der Waals surface area contributed by atoms with Gasteiger partial charge in [0.15, 0.2) is 0 Å². The van der Waals surface area contributed by atoms with E-state index in [0.29, 0.717) is 6.10 Å². The Hall–Kier alpha value is 0.230. The Labute approximate surface area is 106 Å². The van der Waals surface area contributed by atoms with E-state index in [1.807, 2.05) is 6.07 Å². The highest BCUT2D eigenvalue weighted by Gasteiger charge is 2.16. The normalized spacial score (nSPS) is 17.3. The minimum absolute atomic E-state index is 0.445. The van der Waals surface area contributed by atoms with Gasteiger partial charge in [0.2, 0.25) is 0 Å². The van der Waals surface area contributed by atoms with Crippen LogP contribution in [0.15, 0.2) is 22.7 Å². The van der Waals surface area contributed by atoms with E-state index in [2.05, 4.69) is 50.7 Å². The molecule has 3 heteroatoms. The zero-order chi connectivity index (χ0) is 9.97. The second-order valence-electron chi connectivity index (χ2n) is 3.63. The molecule has 0 unspecified atom stereocenters. The molecule has 0 spiro atoms. The first kappa shape index (κ1) is 10.7. The lowest BCUT2D eigenvalue weighted by atomic mass is 10.3. The van der Waals surface area contributed by atoms with Gasteiger partial charge in [-0.15, -0.1) is 0 Å². The van der Waals surface area contributed by atoms with E-state index >= 15 is 0 Å². The summed E-state index contributed by atoms with van der Waals surface area (Å²) in [6.07, 6.45) is 5.50. The van der Waals surface area contributed by atoms with Crippen LogP contribution >= 0.6 is 38.5 Å². The molecule has 1 nitrogen and oxygen atoms in total. The van der Waals surface area contributed by atoms with Crippen LogP contribution in [0.2, 0.25) is 0 Å². The van der Waals surface area contributed by atoms with E-state index in [0.717, 1.165) is 10.2 Å². The molecule has 2 rings (SSSR count). The third-order valence-electron chi connectivity index (χ3n) is 2.44. The fourth-order valence-electron chi connectivity index (χ4n) is 1.80. The summed E-state index contributed by atoms with van der Waals surface area (Å²) in [7, 11) is 0. The number of hydrogen-bond donors (Lipinski definition) is 0. The molecule has 0 heterocycles. The maximum absolute atomic E-state index is 5.90. The van der Waals surface area contributed by atoms with Crippen LogP contribution in [0.3, 0.4) is 0 Å². The van der Waals surface area contributed by atoms with Gasteiger partial charge in [-0.3, -0.25) is 0 Å². The largest absolute Gasteiger partial charge is 0.490 e. The molecular weight excluding hydrogens is 355 g/mol. The third kappa shape index (κ3) is 2.86. The van der Waals surface area contributed by atoms with Gasteiger partial charge in [0.1, 0.15) is 5.75 Å². The van der Waals surface area contributed by atoms with Gasteiger partial charge in [0, 0.05) is 8.04 Å². The first-order valence-electron chi connectivity index (χ1n) is 4.87. The van der Waals surface area contributed by atoms with Crippen LogP contribution in [0.5, 0.6) is 5.75 Å². The summed E-state index contributed by atoms with van der Waals surface area (Å²) < 4.78 is 8.21. The van der Waals surface area contributed by atoms with Crippen LogP contribution in [0.25, 0.3) is 0 Å². The van der Waals surface area contributed by atoms with Gasteiger partial charge < -0.3 is 4.74 Å². The first-order chi connectivity index (χ1) is 6.74. The molecule has 0 atom stereocenters. The highest BCUT2D eigenvalue weighted by atomic mass is 127. The second kappa shape index (κ2) is 4.84. The topological polar surface area (TPSA) is 9.23 Å². The lowest BCUT2D eigenvalue weighted by Gasteiger charge is -2.13. The van der Waals surface area contributed by atoms with Gasteiger partial charge >= 0.3 is 0 Å². The van der Waals surface area contributed by atoms with Gasteiger partial charge in [0.25, 0.3) is 0 Å². The molecule has 76 valence electrons. The maximum atomic E-state index is 5.90. The van der Waals surface area contributed by atoms with Crippen LogP contribution in [0.4, 0.5) is 0 Å². The van der Waals surface area contributed by atoms with Gasteiger partial charge in [0.05, 0.1) is 6.10 Å². The van der Waals surface area contributed by atoms with Crippen molar-refractivity contribution in [3.63, 3.8) is 0 Å². The Balaban J connectivity index is 2.07. The molecule has 1 aliphatic rings. The molecule has 1 saturated carbocycles. The monoisotopic (exact) mass is 366 g/mol. The molecule has 0 amide bonds. The van der Waals surface area contributed by atoms with Gasteiger partial charge in [-0.2, -0.15) is 0 Å². The van der Waals surface area contributed by atoms with Crippen LogP contribution in [0.1, 0.15) is 25.7 Å². The minimum Gasteiger partial charge on any atom is -0.490 e. The van der Waals surface area contributed by atoms with Crippen molar-refractivity contribution in [3.8, 4) is 5.75 Å². The Morgan fingerprint density at radius 3 is 2.57 bits per heavy atom. The van der Waals surface area contributed by atoms with Crippen molar-refractivity contribution in [2.24, 2.45) is 0 Å². The highest BCUT2D eigenvalue weighted by Crippen LogP contribution is 2.27. The molecule has 1 aromatic rings. The minimum atomic E-state index is 0.445. The summed E-state index contributed by atoms with van der Waals surface area (Å²) in [5.41, 5.74) is 0. The summed E-state index contributed by atoms with van der Waals surface area (Å²) in [6.45, 7) is 0. The lowest BCUT2D eigenvalue weighted by molar-refractivity contribution is 0.210. The van der Waals surface area contributed by atoms with E-state index in [1.165, 1.54) is 29.3 Å². The fraction of sp³-hybridized carbons (Fsp3) is 0.455. The number of benzene rings is 1. The Morgan fingerprint density at radius 1 is 1.21 bits per heavy atom. The van der Waals surface area contributed by atoms with Crippen LogP contribution < -0.4 is 4.74 Å². The van der Waals surface area contributed by atoms with Crippen molar-refractivity contribution in [1.82, 2.24) is 0 Å². The summed E-state index contributed by atoms with van der Waals surface area (Å²) >= 11 is 5.79. The molecular formula is C11H12BrIO. The second-order valence-corrected chi connectivity index (χ2v) is 5.79. The lowest BCUT2D eigenvalue weighted by Crippen LogP contribution is -2.10. The molecule has 1 aromatic carbocycles. The Kier molecular flexibility index (Phi) is 3.71. The molecule has 0 saturated heterocycles. The summed E-state index contributed by atoms with van der Waals surface area (Å²) in [5.74, 6) is 0.996. The number of hydrogen-bond acceptors (Lipinski definition) is 1. The zero-order valence-electron chi connectivity index (χ0n) is 7.80. The van der Waals surface area contributed by atoms with Gasteiger partial charge in [-0.05, 0) is 66.5 Å². The average Bonchev–Trinajstić information content (AvgIpc) is 2.54. The van der Waals surface area contributed by atoms with Crippen molar-refractivity contribution in [3.05, 3.63) is 26.2 Å². The maximum Gasteiger partial charge on any atom is 0.121 e. The van der Waals surface area contributed by atoms with E-state index in [-0.39, 0.29) is 0 Å². The van der Waals surface area contributed by atoms with Crippen LogP contribution in [-0.4, -0.2) is 6.10 Å². The zero-order valence-corrected chi connectivity index (χ0v) is 11.5. The molecule has 1 fully saturated rings. The van der Waals surface area contributed by atoms with Crippen molar-refractivity contribution >= 4 is 38.5 Å². The van der Waals surface area contributed by atoms with E-state index in [1.54, 1.807) is 0 Å². The van der Waals surface area contributed by atoms with E-state index in [4.69, 9.17) is 4.74 Å². The third-order valence-corrected chi connectivity index (χ3v) is 3.52. The highest BCUT2D eigenvalue weighted by molar-refractivity contribution is 14.1. The number of halogens is 2. The molecule has 0 bridgehead atoms. The smallest absolute Gasteiger partial charge is 0.121 e. The fourth-order valence-corrected chi connectivity index (χ4v) is 3.34. The Morgan fingerprint density at radius 2 is 1.93 bits per heavy atom. The van der Waals surface area contributed by atoms with Crippen molar-refractivity contribution in [2.45, 2.75) is 31.8 Å². The standard InChI is InChI=1S/C11H12BrIO/c12-8-5-9(13)7-11(6-8)14-10-3-1-2-4-10/h5-7,10H,1-4H2. The predicted octanol–water partition coefficient (Wildman–Crippen LogP) is 4.38. The van der Waals surface area contributed by atoms with Gasteiger partial charge in [-0.1, -0.05) is 15.9 Å². The molecule has 0 N–H and O–H groups in total. The molecule has 1 aliphatic carbocycles. The molecule has 0 aliphatic heterocycles. The Bertz CT molecular complexity index is 301. The van der Waals surface area contributed by atoms with Crippen molar-refractivity contribution in [2.75, 3.05) is 0 Å². The molecule has 14 heavy (non-hydrogen) atoms. The van der Waals surface area contributed by atoms with E-state index in [9.17, 15) is 0 Å². The van der Waals surface area contributed by atoms with Crippen molar-refractivity contribution in [1.29, 1.82) is 0 Å². The van der Waals surface area contributed by atoms with Crippen molar-refractivity contribution < 1.29 is 4.74 Å². The van der Waals surface area contributed by atoms with E-state index < -0.39 is 0 Å². The quantitative estimate of drug-likeness (QED) is 0.706. The predicted molar refractivity (Wildman–Crippen MR) is 69.7 cm³/mol. The van der Waals surface area contributed by atoms with Gasteiger partial charge in [-0.25, -0.2) is 0 Å². The SMILES string of the molecule is Brc1cc(I)cc(OC2CCCC2)c1. The van der Waals surface area contributed by atoms with Crippen LogP contribution in [0, 0.1) is 3.57 Å². The summed E-state index contributed by atoms with van der Waals surface area (Å²) in [6, 6.07) is 6.21. The molecule has 0 radical (unpaired) electrons. The molecule has 0 aromatic heterocycles.